The highest BCUT2D eigenvalue weighted by atomic mass is 35.5. The van der Waals surface area contributed by atoms with Gasteiger partial charge in [-0.2, -0.15) is 0 Å². The summed E-state index contributed by atoms with van der Waals surface area (Å²) in [6.45, 7) is 0. The van der Waals surface area contributed by atoms with Crippen molar-refractivity contribution < 1.29 is 19.6 Å². The molecule has 0 saturated heterocycles. The third-order valence-electron chi connectivity index (χ3n) is 2.52. The Labute approximate surface area is 128 Å². The second-order valence-electron chi connectivity index (χ2n) is 3.92. The molecular formula is C13H7Cl2NO5. The van der Waals surface area contributed by atoms with Gasteiger partial charge in [0.05, 0.1) is 15.5 Å². The molecule has 2 aromatic rings. The first-order valence-electron chi connectivity index (χ1n) is 5.53. The Morgan fingerprint density at radius 3 is 2.43 bits per heavy atom. The van der Waals surface area contributed by atoms with Gasteiger partial charge in [-0.25, -0.2) is 4.79 Å². The zero-order valence-electron chi connectivity index (χ0n) is 10.2. The minimum atomic E-state index is -1.23. The number of carboxylic acid groups (broad SMARTS) is 1. The van der Waals surface area contributed by atoms with Crippen LogP contribution >= 0.6 is 23.2 Å². The van der Waals surface area contributed by atoms with Crippen molar-refractivity contribution in [3.8, 4) is 11.5 Å². The van der Waals surface area contributed by atoms with Crippen LogP contribution in [0.2, 0.25) is 10.0 Å². The van der Waals surface area contributed by atoms with Crippen LogP contribution in [0.4, 0.5) is 5.69 Å². The molecule has 0 atom stereocenters. The fraction of sp³-hybridized carbons (Fsp3) is 0. The molecule has 0 heterocycles. The van der Waals surface area contributed by atoms with Crippen LogP contribution in [0.1, 0.15) is 10.4 Å². The van der Waals surface area contributed by atoms with Gasteiger partial charge in [0.15, 0.2) is 0 Å². The van der Waals surface area contributed by atoms with Crippen LogP contribution in [0.15, 0.2) is 36.4 Å². The summed E-state index contributed by atoms with van der Waals surface area (Å²) in [5.41, 5.74) is -0.508. The summed E-state index contributed by atoms with van der Waals surface area (Å²) >= 11 is 11.7. The number of halogens is 2. The van der Waals surface area contributed by atoms with Gasteiger partial charge >= 0.3 is 11.7 Å². The van der Waals surface area contributed by atoms with E-state index >= 15 is 0 Å². The van der Waals surface area contributed by atoms with Crippen LogP contribution in [0.5, 0.6) is 11.5 Å². The van der Waals surface area contributed by atoms with E-state index in [-0.39, 0.29) is 27.8 Å². The molecule has 0 aliphatic carbocycles. The Balaban J connectivity index is 2.48. The maximum atomic E-state index is 11.0. The third kappa shape index (κ3) is 3.42. The van der Waals surface area contributed by atoms with Gasteiger partial charge < -0.3 is 9.84 Å². The highest BCUT2D eigenvalue weighted by Crippen LogP contribution is 2.36. The predicted molar refractivity (Wildman–Crippen MR) is 76.6 cm³/mol. The number of nitro groups is 1. The first-order valence-corrected chi connectivity index (χ1v) is 6.28. The van der Waals surface area contributed by atoms with Crippen molar-refractivity contribution in [1.29, 1.82) is 0 Å². The van der Waals surface area contributed by atoms with Crippen LogP contribution < -0.4 is 4.74 Å². The van der Waals surface area contributed by atoms with Crippen molar-refractivity contribution in [2.45, 2.75) is 0 Å². The lowest BCUT2D eigenvalue weighted by Gasteiger charge is -2.09. The lowest BCUT2D eigenvalue weighted by Crippen LogP contribution is -1.99. The van der Waals surface area contributed by atoms with Gasteiger partial charge in [-0.1, -0.05) is 23.2 Å². The summed E-state index contributed by atoms with van der Waals surface area (Å²) in [5, 5.41) is 20.4. The Morgan fingerprint density at radius 2 is 1.86 bits per heavy atom. The number of ether oxygens (including phenoxy) is 1. The number of benzene rings is 2. The highest BCUT2D eigenvalue weighted by molar-refractivity contribution is 6.35. The highest BCUT2D eigenvalue weighted by Gasteiger charge is 2.19. The van der Waals surface area contributed by atoms with Crippen molar-refractivity contribution in [2.75, 3.05) is 0 Å². The smallest absolute Gasteiger partial charge is 0.335 e. The molecular weight excluding hydrogens is 321 g/mol. The number of rotatable bonds is 4. The summed E-state index contributed by atoms with van der Waals surface area (Å²) in [4.78, 5) is 21.2. The van der Waals surface area contributed by atoms with E-state index in [9.17, 15) is 14.9 Å². The SMILES string of the molecule is O=C(O)c1ccc([N+](=O)[O-])c(Oc2ccc(Cl)cc2Cl)c1. The lowest BCUT2D eigenvalue weighted by molar-refractivity contribution is -0.385. The molecule has 2 rings (SSSR count). The molecule has 0 saturated carbocycles. The fourth-order valence-corrected chi connectivity index (χ4v) is 2.00. The molecule has 0 radical (unpaired) electrons. The molecule has 0 spiro atoms. The number of carbonyl (C=O) groups is 1. The standard InChI is InChI=1S/C13H7Cl2NO5/c14-8-2-4-11(9(15)6-8)21-12-5-7(13(17)18)1-3-10(12)16(19)20/h1-6H,(H,17,18). The number of carboxylic acids is 1. The third-order valence-corrected chi connectivity index (χ3v) is 3.05. The minimum absolute atomic E-state index is 0.131. The number of nitrogens with zero attached hydrogens (tertiary/aromatic N) is 1. The number of hydrogen-bond acceptors (Lipinski definition) is 4. The summed E-state index contributed by atoms with van der Waals surface area (Å²) in [5.74, 6) is -1.31. The summed E-state index contributed by atoms with van der Waals surface area (Å²) < 4.78 is 5.35. The van der Waals surface area contributed by atoms with Gasteiger partial charge in [0.2, 0.25) is 5.75 Å². The lowest BCUT2D eigenvalue weighted by atomic mass is 10.2. The second-order valence-corrected chi connectivity index (χ2v) is 4.77. The largest absolute Gasteiger partial charge is 0.478 e. The normalized spacial score (nSPS) is 10.2. The van der Waals surface area contributed by atoms with Crippen molar-refractivity contribution in [2.24, 2.45) is 0 Å². The average molecular weight is 328 g/mol. The van der Waals surface area contributed by atoms with Gasteiger partial charge in [-0.05, 0) is 24.3 Å². The minimum Gasteiger partial charge on any atom is -0.478 e. The summed E-state index contributed by atoms with van der Waals surface area (Å²) in [7, 11) is 0. The first-order chi connectivity index (χ1) is 9.88. The van der Waals surface area contributed by atoms with Gasteiger partial charge in [0, 0.05) is 17.2 Å². The quantitative estimate of drug-likeness (QED) is 0.664. The molecule has 0 bridgehead atoms. The van der Waals surface area contributed by atoms with Crippen LogP contribution in [-0.2, 0) is 0 Å². The number of hydrogen-bond donors (Lipinski definition) is 1. The molecule has 0 unspecified atom stereocenters. The van der Waals surface area contributed by atoms with Crippen LogP contribution in [-0.4, -0.2) is 16.0 Å². The van der Waals surface area contributed by atoms with Crippen molar-refractivity contribution >= 4 is 34.9 Å². The predicted octanol–water partition coefficient (Wildman–Crippen LogP) is 4.39. The van der Waals surface area contributed by atoms with Crippen molar-refractivity contribution in [1.82, 2.24) is 0 Å². The molecule has 108 valence electrons. The number of aromatic carboxylic acids is 1. The molecule has 0 fully saturated rings. The second kappa shape index (κ2) is 5.99. The topological polar surface area (TPSA) is 89.7 Å². The van der Waals surface area contributed by atoms with Crippen molar-refractivity contribution in [3.63, 3.8) is 0 Å². The summed E-state index contributed by atoms with van der Waals surface area (Å²) in [6, 6.07) is 7.58. The molecule has 0 aliphatic heterocycles. The van der Waals surface area contributed by atoms with Gasteiger partial charge in [0.25, 0.3) is 0 Å². The number of nitro benzene ring substituents is 1. The maximum Gasteiger partial charge on any atom is 0.335 e. The van der Waals surface area contributed by atoms with E-state index in [4.69, 9.17) is 33.0 Å². The van der Waals surface area contributed by atoms with E-state index in [2.05, 4.69) is 0 Å². The van der Waals surface area contributed by atoms with Crippen LogP contribution in [0.25, 0.3) is 0 Å². The zero-order chi connectivity index (χ0) is 15.6. The molecule has 8 heteroatoms. The van der Waals surface area contributed by atoms with E-state index in [0.29, 0.717) is 5.02 Å². The van der Waals surface area contributed by atoms with Gasteiger partial charge in [0.1, 0.15) is 5.75 Å². The Kier molecular flexibility index (Phi) is 4.30. The van der Waals surface area contributed by atoms with E-state index in [1.807, 2.05) is 0 Å². The Bertz CT molecular complexity index is 732. The molecule has 2 aromatic carbocycles. The molecule has 0 aliphatic rings. The Morgan fingerprint density at radius 1 is 1.14 bits per heavy atom. The van der Waals surface area contributed by atoms with Crippen LogP contribution in [0, 0.1) is 10.1 Å². The molecule has 0 amide bonds. The first kappa shape index (κ1) is 15.1. The molecule has 21 heavy (non-hydrogen) atoms. The molecule has 6 nitrogen and oxygen atoms in total. The monoisotopic (exact) mass is 327 g/mol. The van der Waals surface area contributed by atoms with Gasteiger partial charge in [-0.15, -0.1) is 0 Å². The van der Waals surface area contributed by atoms with Crippen molar-refractivity contribution in [3.05, 3.63) is 62.1 Å². The molecule has 1 N–H and O–H groups in total. The average Bonchev–Trinajstić information content (AvgIpc) is 2.41. The van der Waals surface area contributed by atoms with Gasteiger partial charge in [-0.3, -0.25) is 10.1 Å². The van der Waals surface area contributed by atoms with Crippen LogP contribution in [0.3, 0.4) is 0 Å². The zero-order valence-corrected chi connectivity index (χ0v) is 11.8. The maximum absolute atomic E-state index is 11.0. The fourth-order valence-electron chi connectivity index (χ4n) is 1.56. The molecule has 0 aromatic heterocycles. The van der Waals surface area contributed by atoms with E-state index in [1.165, 1.54) is 18.2 Å². The summed E-state index contributed by atoms with van der Waals surface area (Å²) in [6.07, 6.45) is 0. The van der Waals surface area contributed by atoms with E-state index in [0.717, 1.165) is 18.2 Å². The Hall–Kier alpha value is -2.31. The van der Waals surface area contributed by atoms with E-state index in [1.54, 1.807) is 0 Å². The van der Waals surface area contributed by atoms with E-state index < -0.39 is 10.9 Å².